The summed E-state index contributed by atoms with van der Waals surface area (Å²) in [5.41, 5.74) is 0. The molecule has 0 radical (unpaired) electrons. The van der Waals surface area contributed by atoms with E-state index in [1.165, 1.54) is 0 Å². The number of rotatable bonds is 4. The summed E-state index contributed by atoms with van der Waals surface area (Å²) in [6, 6.07) is 1.76. The van der Waals surface area contributed by atoms with Crippen LogP contribution in [-0.2, 0) is 9.59 Å². The van der Waals surface area contributed by atoms with E-state index in [2.05, 4.69) is 5.32 Å². The molecule has 1 aliphatic carbocycles. The van der Waals surface area contributed by atoms with Crippen LogP contribution in [0.15, 0.2) is 0 Å². The molecule has 0 aromatic heterocycles. The van der Waals surface area contributed by atoms with Crippen LogP contribution >= 0.6 is 0 Å². The molecule has 0 aromatic carbocycles. The van der Waals surface area contributed by atoms with Crippen molar-refractivity contribution >= 4 is 11.7 Å². The minimum atomic E-state index is -1.11. The standard InChI is InChI=1S/C11H16N2O2/c1-7(2)13-11(15)9(6-12)10(14)8-4-3-5-8/h7-9H,3-5H2,1-2H3,(H,13,15)/t9-/m0/s1. The second-order valence-corrected chi connectivity index (χ2v) is 4.26. The second kappa shape index (κ2) is 4.92. The predicted octanol–water partition coefficient (Wildman–Crippen LogP) is 1.02. The molecule has 0 spiro atoms. The van der Waals surface area contributed by atoms with Crippen LogP contribution < -0.4 is 5.32 Å². The maximum atomic E-state index is 11.7. The van der Waals surface area contributed by atoms with Crippen molar-refractivity contribution in [3.05, 3.63) is 0 Å². The Kier molecular flexibility index (Phi) is 3.84. The largest absolute Gasteiger partial charge is 0.352 e. The molecule has 15 heavy (non-hydrogen) atoms. The maximum Gasteiger partial charge on any atom is 0.245 e. The highest BCUT2D eigenvalue weighted by Gasteiger charge is 2.35. The third kappa shape index (κ3) is 2.79. The lowest BCUT2D eigenvalue weighted by Gasteiger charge is -2.25. The minimum absolute atomic E-state index is 0.0393. The van der Waals surface area contributed by atoms with Crippen LogP contribution in [-0.4, -0.2) is 17.7 Å². The first-order valence-corrected chi connectivity index (χ1v) is 5.30. The van der Waals surface area contributed by atoms with E-state index >= 15 is 0 Å². The number of ketones is 1. The van der Waals surface area contributed by atoms with Crippen LogP contribution in [0.5, 0.6) is 0 Å². The van der Waals surface area contributed by atoms with Gasteiger partial charge in [0.1, 0.15) is 0 Å². The van der Waals surface area contributed by atoms with Crippen LogP contribution in [0, 0.1) is 23.2 Å². The first-order chi connectivity index (χ1) is 7.06. The molecule has 0 aromatic rings. The van der Waals surface area contributed by atoms with Gasteiger partial charge in [-0.3, -0.25) is 9.59 Å². The second-order valence-electron chi connectivity index (χ2n) is 4.26. The number of carbonyl (C=O) groups is 2. The molecule has 0 saturated heterocycles. The van der Waals surface area contributed by atoms with Crippen molar-refractivity contribution in [3.8, 4) is 6.07 Å². The average molecular weight is 208 g/mol. The quantitative estimate of drug-likeness (QED) is 0.701. The predicted molar refractivity (Wildman–Crippen MR) is 54.7 cm³/mol. The molecule has 1 rings (SSSR count). The van der Waals surface area contributed by atoms with Crippen LogP contribution in [0.4, 0.5) is 0 Å². The van der Waals surface area contributed by atoms with E-state index in [0.717, 1.165) is 19.3 Å². The Balaban J connectivity index is 2.58. The Labute approximate surface area is 89.6 Å². The molecule has 0 heterocycles. The van der Waals surface area contributed by atoms with Gasteiger partial charge < -0.3 is 5.32 Å². The number of hydrogen-bond acceptors (Lipinski definition) is 3. The number of Topliss-reactive ketones (excluding diaryl/α,β-unsaturated/α-hetero) is 1. The maximum absolute atomic E-state index is 11.7. The van der Waals surface area contributed by atoms with Gasteiger partial charge in [-0.05, 0) is 26.7 Å². The zero-order chi connectivity index (χ0) is 11.4. The van der Waals surface area contributed by atoms with E-state index in [0.29, 0.717) is 0 Å². The van der Waals surface area contributed by atoms with Crippen molar-refractivity contribution < 1.29 is 9.59 Å². The van der Waals surface area contributed by atoms with Crippen molar-refractivity contribution in [1.82, 2.24) is 5.32 Å². The highest BCUT2D eigenvalue weighted by molar-refractivity contribution is 6.05. The molecule has 1 atom stereocenters. The number of carbonyl (C=O) groups excluding carboxylic acids is 2. The summed E-state index contributed by atoms with van der Waals surface area (Å²) >= 11 is 0. The third-order valence-electron chi connectivity index (χ3n) is 2.61. The summed E-state index contributed by atoms with van der Waals surface area (Å²) in [4.78, 5) is 23.2. The molecular formula is C11H16N2O2. The van der Waals surface area contributed by atoms with E-state index in [9.17, 15) is 9.59 Å². The lowest BCUT2D eigenvalue weighted by atomic mass is 9.78. The molecule has 0 unspecified atom stereocenters. The molecule has 4 nitrogen and oxygen atoms in total. The Morgan fingerprint density at radius 2 is 2.00 bits per heavy atom. The highest BCUT2D eigenvalue weighted by Crippen LogP contribution is 2.29. The SMILES string of the molecule is CC(C)NC(=O)[C@@H](C#N)C(=O)C1CCC1. The Hall–Kier alpha value is -1.37. The van der Waals surface area contributed by atoms with Gasteiger partial charge in [0.15, 0.2) is 11.7 Å². The van der Waals surface area contributed by atoms with Gasteiger partial charge in [-0.2, -0.15) is 5.26 Å². The van der Waals surface area contributed by atoms with Gasteiger partial charge in [-0.15, -0.1) is 0 Å². The van der Waals surface area contributed by atoms with Crippen LogP contribution in [0.3, 0.4) is 0 Å². The summed E-state index contributed by atoms with van der Waals surface area (Å²) in [7, 11) is 0. The van der Waals surface area contributed by atoms with Crippen LogP contribution in [0.2, 0.25) is 0 Å². The van der Waals surface area contributed by atoms with Gasteiger partial charge in [0.05, 0.1) is 6.07 Å². The molecule has 1 aliphatic rings. The Morgan fingerprint density at radius 3 is 2.33 bits per heavy atom. The monoisotopic (exact) mass is 208 g/mol. The van der Waals surface area contributed by atoms with Gasteiger partial charge in [0.25, 0.3) is 0 Å². The molecule has 82 valence electrons. The molecule has 4 heteroatoms. The fourth-order valence-corrected chi connectivity index (χ4v) is 1.55. The number of nitriles is 1. The van der Waals surface area contributed by atoms with E-state index in [4.69, 9.17) is 5.26 Å². The Morgan fingerprint density at radius 1 is 1.40 bits per heavy atom. The van der Waals surface area contributed by atoms with E-state index in [1.54, 1.807) is 19.9 Å². The summed E-state index contributed by atoms with van der Waals surface area (Å²) in [6.45, 7) is 3.61. The van der Waals surface area contributed by atoms with Gasteiger partial charge in [0.2, 0.25) is 5.91 Å². The van der Waals surface area contributed by atoms with Crippen molar-refractivity contribution in [2.45, 2.75) is 39.2 Å². The normalized spacial score (nSPS) is 17.7. The summed E-state index contributed by atoms with van der Waals surface area (Å²) in [5, 5.41) is 11.4. The smallest absolute Gasteiger partial charge is 0.245 e. The fraction of sp³-hybridized carbons (Fsp3) is 0.727. The summed E-state index contributed by atoms with van der Waals surface area (Å²) in [5.74, 6) is -1.84. The van der Waals surface area contributed by atoms with Crippen molar-refractivity contribution in [2.24, 2.45) is 11.8 Å². The van der Waals surface area contributed by atoms with Gasteiger partial charge >= 0.3 is 0 Å². The molecule has 1 saturated carbocycles. The van der Waals surface area contributed by atoms with E-state index in [1.807, 2.05) is 0 Å². The number of amides is 1. The highest BCUT2D eigenvalue weighted by atomic mass is 16.2. The zero-order valence-electron chi connectivity index (χ0n) is 9.12. The first-order valence-electron chi connectivity index (χ1n) is 5.30. The first kappa shape index (κ1) is 11.7. The summed E-state index contributed by atoms with van der Waals surface area (Å²) < 4.78 is 0. The van der Waals surface area contributed by atoms with Gasteiger partial charge in [-0.25, -0.2) is 0 Å². The molecular weight excluding hydrogens is 192 g/mol. The van der Waals surface area contributed by atoms with Gasteiger partial charge in [0, 0.05) is 12.0 Å². The topological polar surface area (TPSA) is 70.0 Å². The van der Waals surface area contributed by atoms with Crippen LogP contribution in [0.25, 0.3) is 0 Å². The van der Waals surface area contributed by atoms with E-state index < -0.39 is 11.8 Å². The molecule has 0 aliphatic heterocycles. The van der Waals surface area contributed by atoms with Crippen molar-refractivity contribution in [2.75, 3.05) is 0 Å². The molecule has 1 N–H and O–H groups in total. The van der Waals surface area contributed by atoms with E-state index in [-0.39, 0.29) is 17.7 Å². The third-order valence-corrected chi connectivity index (χ3v) is 2.61. The van der Waals surface area contributed by atoms with Crippen molar-refractivity contribution in [1.29, 1.82) is 5.26 Å². The lowest BCUT2D eigenvalue weighted by Crippen LogP contribution is -2.41. The fourth-order valence-electron chi connectivity index (χ4n) is 1.55. The summed E-state index contributed by atoms with van der Waals surface area (Å²) in [6.07, 6.45) is 2.68. The van der Waals surface area contributed by atoms with Gasteiger partial charge in [-0.1, -0.05) is 6.42 Å². The minimum Gasteiger partial charge on any atom is -0.352 e. The van der Waals surface area contributed by atoms with Crippen LogP contribution in [0.1, 0.15) is 33.1 Å². The average Bonchev–Trinajstić information content (AvgIpc) is 1.99. The van der Waals surface area contributed by atoms with Crippen molar-refractivity contribution in [3.63, 3.8) is 0 Å². The Bertz CT molecular complexity index is 300. The lowest BCUT2D eigenvalue weighted by molar-refractivity contribution is -0.135. The molecule has 1 amide bonds. The number of nitrogens with zero attached hydrogens (tertiary/aromatic N) is 1. The molecule has 0 bridgehead atoms. The molecule has 1 fully saturated rings. The number of nitrogens with one attached hydrogen (secondary N) is 1. The zero-order valence-corrected chi connectivity index (χ0v) is 9.12. The number of hydrogen-bond donors (Lipinski definition) is 1.